The predicted molar refractivity (Wildman–Crippen MR) is 82.0 cm³/mol. The maximum atomic E-state index is 12.5. The van der Waals surface area contributed by atoms with E-state index in [1.54, 1.807) is 0 Å². The summed E-state index contributed by atoms with van der Waals surface area (Å²) in [7, 11) is 0. The quantitative estimate of drug-likeness (QED) is 0.731. The molecule has 0 aromatic heterocycles. The Morgan fingerprint density at radius 1 is 1.29 bits per heavy atom. The third-order valence-corrected chi connectivity index (χ3v) is 5.46. The molecule has 4 heteroatoms. The Balaban J connectivity index is 2.17. The molecule has 0 N–H and O–H groups in total. The van der Waals surface area contributed by atoms with Crippen LogP contribution in [0.25, 0.3) is 0 Å². The van der Waals surface area contributed by atoms with Gasteiger partial charge in [-0.1, -0.05) is 13.8 Å². The van der Waals surface area contributed by atoms with Crippen LogP contribution in [-0.4, -0.2) is 34.2 Å². The summed E-state index contributed by atoms with van der Waals surface area (Å²) in [5.41, 5.74) is 4.70. The number of hydrogen-bond donors (Lipinski definition) is 0. The van der Waals surface area contributed by atoms with Gasteiger partial charge in [-0.25, -0.2) is 4.79 Å². The van der Waals surface area contributed by atoms with Crippen LogP contribution >= 0.6 is 0 Å². The Hall–Kier alpha value is -1.45. The van der Waals surface area contributed by atoms with Gasteiger partial charge in [-0.15, -0.1) is 0 Å². The maximum Gasteiger partial charge on any atom is 0.356 e. The minimum absolute atomic E-state index is 0.0579. The smallest absolute Gasteiger partial charge is 0.356 e. The van der Waals surface area contributed by atoms with Gasteiger partial charge in [0, 0.05) is 17.5 Å². The molecule has 1 unspecified atom stereocenters. The van der Waals surface area contributed by atoms with Crippen molar-refractivity contribution in [3.63, 3.8) is 0 Å². The maximum absolute atomic E-state index is 12.5. The minimum Gasteiger partial charge on any atom is -0.461 e. The van der Waals surface area contributed by atoms with E-state index in [0.717, 1.165) is 17.7 Å². The summed E-state index contributed by atoms with van der Waals surface area (Å²) in [5, 5.41) is 4.55. The highest BCUT2D eigenvalue weighted by molar-refractivity contribution is 5.90. The molecule has 0 amide bonds. The molecule has 0 radical (unpaired) electrons. The molecule has 0 saturated carbocycles. The molecule has 3 aliphatic heterocycles. The van der Waals surface area contributed by atoms with Gasteiger partial charge in [-0.05, 0) is 45.8 Å². The second kappa shape index (κ2) is 4.05. The molecule has 1 fully saturated rings. The Bertz CT molecular complexity index is 584. The highest BCUT2D eigenvalue weighted by Gasteiger charge is 2.61. The van der Waals surface area contributed by atoms with Gasteiger partial charge in [0.05, 0.1) is 18.2 Å². The van der Waals surface area contributed by atoms with Crippen LogP contribution < -0.4 is 0 Å². The summed E-state index contributed by atoms with van der Waals surface area (Å²) in [5.74, 6) is -0.188. The van der Waals surface area contributed by atoms with E-state index in [2.05, 4.69) is 51.6 Å². The second-order valence-corrected chi connectivity index (χ2v) is 7.59. The average molecular weight is 290 g/mol. The Labute approximate surface area is 127 Å². The van der Waals surface area contributed by atoms with Crippen molar-refractivity contribution in [1.29, 1.82) is 0 Å². The van der Waals surface area contributed by atoms with E-state index in [4.69, 9.17) is 4.74 Å². The summed E-state index contributed by atoms with van der Waals surface area (Å²) in [6, 6.07) is 0.244. The molecule has 0 aromatic carbocycles. The van der Waals surface area contributed by atoms with Crippen LogP contribution in [0.3, 0.4) is 0 Å². The van der Waals surface area contributed by atoms with Crippen molar-refractivity contribution < 1.29 is 9.53 Å². The van der Waals surface area contributed by atoms with Crippen molar-refractivity contribution in [3.05, 3.63) is 22.5 Å². The van der Waals surface area contributed by atoms with Crippen LogP contribution in [0.4, 0.5) is 0 Å². The lowest BCUT2D eigenvalue weighted by molar-refractivity contribution is -0.143. The van der Waals surface area contributed by atoms with Crippen molar-refractivity contribution >= 4 is 5.97 Å². The number of rotatable bonds is 2. The normalized spacial score (nSPS) is 28.6. The fourth-order valence-corrected chi connectivity index (χ4v) is 4.31. The summed E-state index contributed by atoms with van der Waals surface area (Å²) in [6.07, 6.45) is 0.981. The van der Waals surface area contributed by atoms with E-state index in [1.165, 1.54) is 11.3 Å². The summed E-state index contributed by atoms with van der Waals surface area (Å²) in [6.45, 7) is 15.6. The zero-order valence-corrected chi connectivity index (χ0v) is 14.2. The highest BCUT2D eigenvalue weighted by atomic mass is 16.5. The highest BCUT2D eigenvalue weighted by Crippen LogP contribution is 2.59. The molecule has 0 aliphatic carbocycles. The van der Waals surface area contributed by atoms with Gasteiger partial charge in [0.15, 0.2) is 0 Å². The van der Waals surface area contributed by atoms with Crippen LogP contribution in [0.2, 0.25) is 0 Å². The number of carbonyl (C=O) groups is 1. The van der Waals surface area contributed by atoms with Crippen molar-refractivity contribution in [2.45, 2.75) is 66.5 Å². The van der Waals surface area contributed by atoms with Gasteiger partial charge in [0.25, 0.3) is 0 Å². The fourth-order valence-electron chi connectivity index (χ4n) is 4.31. The molecule has 0 spiro atoms. The van der Waals surface area contributed by atoms with Crippen LogP contribution in [0, 0.1) is 5.41 Å². The largest absolute Gasteiger partial charge is 0.461 e. The molecule has 0 bridgehead atoms. The number of ether oxygens (including phenoxy) is 1. The van der Waals surface area contributed by atoms with E-state index in [0.29, 0.717) is 6.61 Å². The molecule has 0 aromatic rings. The minimum atomic E-state index is -0.188. The zero-order valence-electron chi connectivity index (χ0n) is 14.2. The Kier molecular flexibility index (Phi) is 2.80. The van der Waals surface area contributed by atoms with Crippen LogP contribution in [-0.2, 0) is 9.53 Å². The fraction of sp³-hybridized carbons (Fsp3) is 0.706. The molecule has 116 valence electrons. The van der Waals surface area contributed by atoms with E-state index in [9.17, 15) is 4.79 Å². The van der Waals surface area contributed by atoms with E-state index in [-0.39, 0.29) is 23.0 Å². The standard InChI is InChI=1S/C17H26N2O2/c1-8-21-15(20)13-10(2)14-17(6,7)11(3)12-9-16(4,5)19(13)18(12)14/h14H,8-9H2,1-7H3. The Morgan fingerprint density at radius 2 is 1.90 bits per heavy atom. The van der Waals surface area contributed by atoms with E-state index < -0.39 is 0 Å². The first-order chi connectivity index (χ1) is 9.64. The van der Waals surface area contributed by atoms with E-state index >= 15 is 0 Å². The van der Waals surface area contributed by atoms with Gasteiger partial charge >= 0.3 is 5.97 Å². The van der Waals surface area contributed by atoms with Gasteiger partial charge in [-0.2, -0.15) is 0 Å². The van der Waals surface area contributed by atoms with Gasteiger partial charge < -0.3 is 4.74 Å². The molecule has 3 aliphatic rings. The average Bonchev–Trinajstić information content (AvgIpc) is 2.87. The molecular weight excluding hydrogens is 264 g/mol. The number of hydrazine groups is 1. The van der Waals surface area contributed by atoms with Crippen LogP contribution in [0.1, 0.15) is 54.9 Å². The topological polar surface area (TPSA) is 32.8 Å². The number of hydrogen-bond acceptors (Lipinski definition) is 4. The van der Waals surface area contributed by atoms with Gasteiger partial charge in [0.2, 0.25) is 0 Å². The summed E-state index contributed by atoms with van der Waals surface area (Å²) >= 11 is 0. The number of carbonyl (C=O) groups excluding carboxylic acids is 1. The first-order valence-electron chi connectivity index (χ1n) is 7.82. The molecule has 1 saturated heterocycles. The lowest BCUT2D eigenvalue weighted by Crippen LogP contribution is -2.47. The predicted octanol–water partition coefficient (Wildman–Crippen LogP) is 3.22. The second-order valence-electron chi connectivity index (χ2n) is 7.59. The molecule has 1 atom stereocenters. The molecule has 3 rings (SSSR count). The zero-order chi connectivity index (χ0) is 15.7. The van der Waals surface area contributed by atoms with Crippen molar-refractivity contribution in [2.75, 3.05) is 6.61 Å². The van der Waals surface area contributed by atoms with Crippen molar-refractivity contribution in [2.24, 2.45) is 5.41 Å². The lowest BCUT2D eigenvalue weighted by Gasteiger charge is -2.38. The number of esters is 1. The first kappa shape index (κ1) is 14.5. The van der Waals surface area contributed by atoms with Gasteiger partial charge in [-0.3, -0.25) is 10.0 Å². The molecular formula is C17H26N2O2. The number of nitrogens with zero attached hydrogens (tertiary/aromatic N) is 2. The van der Waals surface area contributed by atoms with Gasteiger partial charge in [0.1, 0.15) is 5.70 Å². The van der Waals surface area contributed by atoms with E-state index in [1.807, 2.05) is 6.92 Å². The third-order valence-electron chi connectivity index (χ3n) is 5.46. The summed E-state index contributed by atoms with van der Waals surface area (Å²) in [4.78, 5) is 12.5. The monoisotopic (exact) mass is 290 g/mol. The molecule has 3 heterocycles. The molecule has 21 heavy (non-hydrogen) atoms. The third kappa shape index (κ3) is 1.59. The molecule has 4 nitrogen and oxygen atoms in total. The Morgan fingerprint density at radius 3 is 2.48 bits per heavy atom. The SMILES string of the molecule is CCOC(=O)C1=C(C)C2N3C(=C(C)C2(C)C)CC(C)(C)N13. The van der Waals surface area contributed by atoms with Crippen molar-refractivity contribution in [1.82, 2.24) is 10.0 Å². The van der Waals surface area contributed by atoms with Crippen LogP contribution in [0.15, 0.2) is 22.5 Å². The van der Waals surface area contributed by atoms with Crippen molar-refractivity contribution in [3.8, 4) is 0 Å². The summed E-state index contributed by atoms with van der Waals surface area (Å²) < 4.78 is 5.32. The van der Waals surface area contributed by atoms with Crippen LogP contribution in [0.5, 0.6) is 0 Å². The lowest BCUT2D eigenvalue weighted by atomic mass is 9.77. The first-order valence-corrected chi connectivity index (χ1v) is 7.82.